The summed E-state index contributed by atoms with van der Waals surface area (Å²) in [6.07, 6.45) is 0. The van der Waals surface area contributed by atoms with Gasteiger partial charge < -0.3 is 9.57 Å². The second kappa shape index (κ2) is 5.39. The maximum atomic E-state index is 5.19. The fraction of sp³-hybridized carbons (Fsp3) is 0.417. The Morgan fingerprint density at radius 2 is 2.13 bits per heavy atom. The molecule has 1 rings (SSSR count). The first-order valence-corrected chi connectivity index (χ1v) is 5.00. The van der Waals surface area contributed by atoms with Crippen molar-refractivity contribution in [1.82, 2.24) is 0 Å². The Bertz CT molecular complexity index is 359. The number of oxime groups is 1. The molecule has 0 fully saturated rings. The average molecular weight is 207 g/mol. The molecule has 0 unspecified atom stereocenters. The van der Waals surface area contributed by atoms with Gasteiger partial charge in [-0.3, -0.25) is 0 Å². The molecule has 3 heteroatoms. The molecule has 0 N–H and O–H groups in total. The van der Waals surface area contributed by atoms with Gasteiger partial charge in [-0.05, 0) is 50.1 Å². The summed E-state index contributed by atoms with van der Waals surface area (Å²) in [5.41, 5.74) is 3.03. The van der Waals surface area contributed by atoms with Crippen LogP contribution in [0, 0.1) is 6.92 Å². The van der Waals surface area contributed by atoms with Crippen molar-refractivity contribution in [2.24, 2.45) is 5.16 Å². The predicted molar refractivity (Wildman–Crippen MR) is 61.6 cm³/mol. The number of hydrogen-bond donors (Lipinski definition) is 0. The zero-order valence-electron chi connectivity index (χ0n) is 9.70. The lowest BCUT2D eigenvalue weighted by Gasteiger charge is -2.06. The number of ether oxygens (including phenoxy) is 1. The summed E-state index contributed by atoms with van der Waals surface area (Å²) in [6, 6.07) is 5.95. The fourth-order valence-electron chi connectivity index (χ4n) is 1.32. The third-order valence-electron chi connectivity index (χ3n) is 2.14. The summed E-state index contributed by atoms with van der Waals surface area (Å²) in [6.45, 7) is 6.44. The predicted octanol–water partition coefficient (Wildman–Crippen LogP) is 2.76. The smallest absolute Gasteiger partial charge is 0.121 e. The van der Waals surface area contributed by atoms with E-state index in [1.807, 2.05) is 39.0 Å². The van der Waals surface area contributed by atoms with Gasteiger partial charge >= 0.3 is 0 Å². The van der Waals surface area contributed by atoms with Gasteiger partial charge in [0.15, 0.2) is 0 Å². The van der Waals surface area contributed by atoms with Crippen LogP contribution in [0.25, 0.3) is 0 Å². The van der Waals surface area contributed by atoms with Crippen LogP contribution in [0.4, 0.5) is 0 Å². The molecule has 1 aromatic rings. The van der Waals surface area contributed by atoms with E-state index < -0.39 is 0 Å². The molecule has 0 amide bonds. The minimum absolute atomic E-state index is 0.590. The molecule has 0 radical (unpaired) electrons. The molecule has 0 atom stereocenters. The van der Waals surface area contributed by atoms with Crippen LogP contribution >= 0.6 is 0 Å². The topological polar surface area (TPSA) is 30.8 Å². The molecule has 0 aliphatic carbocycles. The number of benzene rings is 1. The first kappa shape index (κ1) is 11.6. The molecular weight excluding hydrogens is 190 g/mol. The molecule has 15 heavy (non-hydrogen) atoms. The van der Waals surface area contributed by atoms with Crippen molar-refractivity contribution in [3.63, 3.8) is 0 Å². The third-order valence-corrected chi connectivity index (χ3v) is 2.14. The van der Waals surface area contributed by atoms with Crippen LogP contribution in [0.2, 0.25) is 0 Å². The van der Waals surface area contributed by atoms with E-state index in [2.05, 4.69) is 5.16 Å². The number of rotatable bonds is 4. The van der Waals surface area contributed by atoms with Crippen LogP contribution < -0.4 is 4.74 Å². The molecule has 0 heterocycles. The Labute approximate surface area is 90.7 Å². The van der Waals surface area contributed by atoms with Crippen molar-refractivity contribution >= 4 is 5.71 Å². The number of methoxy groups -OCH3 is 1. The first-order valence-electron chi connectivity index (χ1n) is 5.00. The van der Waals surface area contributed by atoms with E-state index >= 15 is 0 Å². The highest BCUT2D eigenvalue weighted by atomic mass is 16.6. The lowest BCUT2D eigenvalue weighted by Crippen LogP contribution is -1.98. The van der Waals surface area contributed by atoms with E-state index in [9.17, 15) is 0 Å². The van der Waals surface area contributed by atoms with Gasteiger partial charge in [-0.25, -0.2) is 0 Å². The normalized spacial score (nSPS) is 11.3. The molecule has 0 aliphatic rings. The molecule has 0 bridgehead atoms. The average Bonchev–Trinajstić information content (AvgIpc) is 2.25. The van der Waals surface area contributed by atoms with Gasteiger partial charge in [0.25, 0.3) is 0 Å². The van der Waals surface area contributed by atoms with E-state index in [0.29, 0.717) is 6.61 Å². The minimum Gasteiger partial charge on any atom is -0.496 e. The SMILES string of the molecule is CCON=C(C)c1ccc(OC)c(C)c1. The van der Waals surface area contributed by atoms with Gasteiger partial charge in [0.05, 0.1) is 12.8 Å². The second-order valence-electron chi connectivity index (χ2n) is 3.28. The van der Waals surface area contributed by atoms with Crippen molar-refractivity contribution in [2.75, 3.05) is 13.7 Å². The maximum absolute atomic E-state index is 5.19. The molecule has 1 aromatic carbocycles. The lowest BCUT2D eigenvalue weighted by molar-refractivity contribution is 0.159. The molecule has 82 valence electrons. The minimum atomic E-state index is 0.590. The molecule has 0 saturated carbocycles. The number of aryl methyl sites for hydroxylation is 1. The van der Waals surface area contributed by atoms with Gasteiger partial charge in [0, 0.05) is 0 Å². The zero-order chi connectivity index (χ0) is 11.3. The van der Waals surface area contributed by atoms with Crippen LogP contribution in [0.5, 0.6) is 5.75 Å². The Morgan fingerprint density at radius 3 is 2.67 bits per heavy atom. The third kappa shape index (κ3) is 2.98. The highest BCUT2D eigenvalue weighted by Crippen LogP contribution is 2.18. The van der Waals surface area contributed by atoms with Crippen LogP contribution in [0.1, 0.15) is 25.0 Å². The molecule has 0 aliphatic heterocycles. The zero-order valence-corrected chi connectivity index (χ0v) is 9.70. The van der Waals surface area contributed by atoms with E-state index in [1.54, 1.807) is 7.11 Å². The Kier molecular flexibility index (Phi) is 4.16. The van der Waals surface area contributed by atoms with E-state index in [0.717, 1.165) is 22.6 Å². The van der Waals surface area contributed by atoms with Gasteiger partial charge in [-0.15, -0.1) is 0 Å². The van der Waals surface area contributed by atoms with Gasteiger partial charge in [0.2, 0.25) is 0 Å². The largest absolute Gasteiger partial charge is 0.496 e. The molecule has 0 spiro atoms. The van der Waals surface area contributed by atoms with Crippen LogP contribution in [-0.2, 0) is 4.84 Å². The fourth-order valence-corrected chi connectivity index (χ4v) is 1.32. The molecule has 3 nitrogen and oxygen atoms in total. The quantitative estimate of drug-likeness (QED) is 0.561. The molecule has 0 saturated heterocycles. The van der Waals surface area contributed by atoms with Gasteiger partial charge in [0.1, 0.15) is 12.4 Å². The van der Waals surface area contributed by atoms with Crippen LogP contribution in [-0.4, -0.2) is 19.4 Å². The summed E-state index contributed by atoms with van der Waals surface area (Å²) < 4.78 is 5.19. The van der Waals surface area contributed by atoms with Crippen LogP contribution in [0.15, 0.2) is 23.4 Å². The molecule has 0 aromatic heterocycles. The maximum Gasteiger partial charge on any atom is 0.121 e. The number of nitrogens with zero attached hydrogens (tertiary/aromatic N) is 1. The highest BCUT2D eigenvalue weighted by molar-refractivity contribution is 5.98. The van der Waals surface area contributed by atoms with Crippen molar-refractivity contribution in [1.29, 1.82) is 0 Å². The monoisotopic (exact) mass is 207 g/mol. The summed E-state index contributed by atoms with van der Waals surface area (Å²) in [4.78, 5) is 5.00. The van der Waals surface area contributed by atoms with Crippen LogP contribution in [0.3, 0.4) is 0 Å². The molecular formula is C12H17NO2. The Hall–Kier alpha value is -1.51. The second-order valence-corrected chi connectivity index (χ2v) is 3.28. The summed E-state index contributed by atoms with van der Waals surface area (Å²) in [7, 11) is 1.67. The van der Waals surface area contributed by atoms with Crippen molar-refractivity contribution in [2.45, 2.75) is 20.8 Å². The summed E-state index contributed by atoms with van der Waals surface area (Å²) >= 11 is 0. The van der Waals surface area contributed by atoms with E-state index in [1.165, 1.54) is 0 Å². The van der Waals surface area contributed by atoms with Crippen molar-refractivity contribution < 1.29 is 9.57 Å². The van der Waals surface area contributed by atoms with Gasteiger partial charge in [-0.1, -0.05) is 5.16 Å². The standard InChI is InChI=1S/C12H17NO2/c1-5-15-13-10(3)11-6-7-12(14-4)9(2)8-11/h6-8H,5H2,1-4H3. The lowest BCUT2D eigenvalue weighted by atomic mass is 10.1. The number of hydrogen-bond acceptors (Lipinski definition) is 3. The van der Waals surface area contributed by atoms with E-state index in [4.69, 9.17) is 9.57 Å². The Balaban J connectivity index is 2.92. The summed E-state index contributed by atoms with van der Waals surface area (Å²) in [5.74, 6) is 0.892. The van der Waals surface area contributed by atoms with Crippen molar-refractivity contribution in [3.8, 4) is 5.75 Å². The van der Waals surface area contributed by atoms with Crippen molar-refractivity contribution in [3.05, 3.63) is 29.3 Å². The first-order chi connectivity index (χ1) is 7.19. The van der Waals surface area contributed by atoms with E-state index in [-0.39, 0.29) is 0 Å². The van der Waals surface area contributed by atoms with Gasteiger partial charge in [-0.2, -0.15) is 0 Å². The summed E-state index contributed by atoms with van der Waals surface area (Å²) in [5, 5.41) is 3.99. The Morgan fingerprint density at radius 1 is 1.40 bits per heavy atom. The highest BCUT2D eigenvalue weighted by Gasteiger charge is 2.02.